The van der Waals surface area contributed by atoms with E-state index in [2.05, 4.69) is 0 Å². The van der Waals surface area contributed by atoms with Gasteiger partial charge in [0.05, 0.1) is 6.04 Å². The van der Waals surface area contributed by atoms with E-state index in [0.29, 0.717) is 19.4 Å². The predicted molar refractivity (Wildman–Crippen MR) is 91.8 cm³/mol. The number of carbonyl (C=O) groups excluding carboxylic acids is 1. The summed E-state index contributed by atoms with van der Waals surface area (Å²) in [6.07, 6.45) is 0.786. The lowest BCUT2D eigenvalue weighted by atomic mass is 9.84. The lowest BCUT2D eigenvalue weighted by molar-refractivity contribution is -0.138. The quantitative estimate of drug-likeness (QED) is 0.882. The third-order valence-electron chi connectivity index (χ3n) is 4.39. The summed E-state index contributed by atoms with van der Waals surface area (Å²) in [6, 6.07) is 4.17. The highest BCUT2D eigenvalue weighted by atomic mass is 19.1. The van der Waals surface area contributed by atoms with E-state index in [1.54, 1.807) is 38.7 Å². The summed E-state index contributed by atoms with van der Waals surface area (Å²) < 4.78 is 19.0. The molecule has 1 saturated heterocycles. The number of aryl methyl sites for hydroxylation is 1. The summed E-state index contributed by atoms with van der Waals surface area (Å²) in [5, 5.41) is 9.09. The standard InChI is InChI=1S/C19H26FNO4/c1-12-9-14(20)5-6-15(12)16-10-13(11-17(22)23)7-8-21(16)18(24)25-19(2,3)4/h5-6,9,13,16H,7-8,10-11H2,1-4H3,(H,22,23). The number of carbonyl (C=O) groups is 2. The maximum Gasteiger partial charge on any atom is 0.410 e. The second kappa shape index (κ2) is 7.42. The van der Waals surface area contributed by atoms with Gasteiger partial charge in [0.2, 0.25) is 0 Å². The van der Waals surface area contributed by atoms with Gasteiger partial charge in [0.25, 0.3) is 0 Å². The van der Waals surface area contributed by atoms with Gasteiger partial charge in [0, 0.05) is 13.0 Å². The number of piperidine rings is 1. The molecule has 0 radical (unpaired) electrons. The molecule has 1 fully saturated rings. The molecule has 1 aliphatic heterocycles. The minimum absolute atomic E-state index is 0.0226. The number of amides is 1. The predicted octanol–water partition coefficient (Wildman–Crippen LogP) is 4.30. The fourth-order valence-electron chi connectivity index (χ4n) is 3.32. The number of rotatable bonds is 3. The molecular weight excluding hydrogens is 325 g/mol. The maximum atomic E-state index is 13.5. The first-order valence-electron chi connectivity index (χ1n) is 8.54. The molecule has 5 nitrogen and oxygen atoms in total. The number of ether oxygens (including phenoxy) is 1. The molecule has 1 heterocycles. The van der Waals surface area contributed by atoms with Gasteiger partial charge in [0.15, 0.2) is 0 Å². The van der Waals surface area contributed by atoms with Crippen LogP contribution in [0.15, 0.2) is 18.2 Å². The normalized spacial score (nSPS) is 21.1. The molecule has 138 valence electrons. The molecular formula is C19H26FNO4. The Morgan fingerprint density at radius 3 is 2.60 bits per heavy atom. The van der Waals surface area contributed by atoms with Crippen molar-refractivity contribution in [3.05, 3.63) is 35.1 Å². The van der Waals surface area contributed by atoms with E-state index < -0.39 is 17.7 Å². The van der Waals surface area contributed by atoms with Crippen molar-refractivity contribution < 1.29 is 23.8 Å². The zero-order chi connectivity index (χ0) is 18.8. The second-order valence-corrected chi connectivity index (χ2v) is 7.68. The zero-order valence-electron chi connectivity index (χ0n) is 15.2. The van der Waals surface area contributed by atoms with E-state index in [4.69, 9.17) is 9.84 Å². The van der Waals surface area contributed by atoms with Gasteiger partial charge in [-0.25, -0.2) is 9.18 Å². The summed E-state index contributed by atoms with van der Waals surface area (Å²) in [4.78, 5) is 25.3. The number of carboxylic acids is 1. The van der Waals surface area contributed by atoms with Crippen LogP contribution in [0, 0.1) is 18.7 Å². The van der Waals surface area contributed by atoms with Crippen molar-refractivity contribution >= 4 is 12.1 Å². The molecule has 1 aliphatic rings. The van der Waals surface area contributed by atoms with Gasteiger partial charge in [-0.2, -0.15) is 0 Å². The second-order valence-electron chi connectivity index (χ2n) is 7.68. The molecule has 0 bridgehead atoms. The van der Waals surface area contributed by atoms with Gasteiger partial charge in [-0.1, -0.05) is 6.07 Å². The monoisotopic (exact) mass is 351 g/mol. The number of benzene rings is 1. The van der Waals surface area contributed by atoms with Crippen molar-refractivity contribution in [1.82, 2.24) is 4.90 Å². The van der Waals surface area contributed by atoms with Crippen LogP contribution in [0.5, 0.6) is 0 Å². The van der Waals surface area contributed by atoms with Crippen LogP contribution in [0.25, 0.3) is 0 Å². The van der Waals surface area contributed by atoms with E-state index in [-0.39, 0.29) is 24.2 Å². The number of hydrogen-bond acceptors (Lipinski definition) is 3. The van der Waals surface area contributed by atoms with E-state index in [9.17, 15) is 14.0 Å². The SMILES string of the molecule is Cc1cc(F)ccc1C1CC(CC(=O)O)CCN1C(=O)OC(C)(C)C. The molecule has 0 aromatic heterocycles. The third kappa shape index (κ3) is 5.18. The average molecular weight is 351 g/mol. The lowest BCUT2D eigenvalue weighted by Gasteiger charge is -2.40. The first-order valence-corrected chi connectivity index (χ1v) is 8.54. The average Bonchev–Trinajstić information content (AvgIpc) is 2.44. The Balaban J connectivity index is 2.30. The van der Waals surface area contributed by atoms with E-state index in [1.807, 2.05) is 0 Å². The summed E-state index contributed by atoms with van der Waals surface area (Å²) in [6.45, 7) is 7.64. The van der Waals surface area contributed by atoms with Crippen LogP contribution in [-0.2, 0) is 9.53 Å². The molecule has 6 heteroatoms. The van der Waals surface area contributed by atoms with E-state index in [0.717, 1.165) is 11.1 Å². The van der Waals surface area contributed by atoms with Gasteiger partial charge >= 0.3 is 12.1 Å². The van der Waals surface area contributed by atoms with Crippen LogP contribution in [-0.4, -0.2) is 34.2 Å². The number of aliphatic carboxylic acids is 1. The van der Waals surface area contributed by atoms with Gasteiger partial charge in [-0.3, -0.25) is 4.79 Å². The number of nitrogens with zero attached hydrogens (tertiary/aromatic N) is 1. The number of likely N-dealkylation sites (tertiary alicyclic amines) is 1. The topological polar surface area (TPSA) is 66.8 Å². The Morgan fingerprint density at radius 2 is 2.04 bits per heavy atom. The maximum absolute atomic E-state index is 13.5. The molecule has 2 atom stereocenters. The highest BCUT2D eigenvalue weighted by Crippen LogP contribution is 2.38. The van der Waals surface area contributed by atoms with Gasteiger partial charge < -0.3 is 14.7 Å². The fraction of sp³-hybridized carbons (Fsp3) is 0.579. The molecule has 1 N–H and O–H groups in total. The first kappa shape index (κ1) is 19.2. The Kier molecular flexibility index (Phi) is 5.70. The Hall–Kier alpha value is -2.11. The molecule has 1 aromatic rings. The van der Waals surface area contributed by atoms with Crippen LogP contribution >= 0.6 is 0 Å². The Bertz CT molecular complexity index is 653. The molecule has 2 rings (SSSR count). The van der Waals surface area contributed by atoms with Crippen molar-refractivity contribution in [2.45, 2.75) is 58.6 Å². The number of hydrogen-bond donors (Lipinski definition) is 1. The van der Waals surface area contributed by atoms with Crippen molar-refractivity contribution in [2.75, 3.05) is 6.54 Å². The minimum atomic E-state index is -0.842. The van der Waals surface area contributed by atoms with Crippen molar-refractivity contribution in [1.29, 1.82) is 0 Å². The molecule has 1 aromatic carbocycles. The molecule has 0 aliphatic carbocycles. The molecule has 25 heavy (non-hydrogen) atoms. The van der Waals surface area contributed by atoms with Crippen LogP contribution in [0.3, 0.4) is 0 Å². The van der Waals surface area contributed by atoms with Crippen molar-refractivity contribution in [3.63, 3.8) is 0 Å². The largest absolute Gasteiger partial charge is 0.481 e. The minimum Gasteiger partial charge on any atom is -0.481 e. The fourth-order valence-corrected chi connectivity index (χ4v) is 3.32. The van der Waals surface area contributed by atoms with Crippen molar-refractivity contribution in [2.24, 2.45) is 5.92 Å². The summed E-state index contributed by atoms with van der Waals surface area (Å²) >= 11 is 0. The van der Waals surface area contributed by atoms with Gasteiger partial charge in [-0.05, 0) is 69.7 Å². The highest BCUT2D eigenvalue weighted by Gasteiger charge is 2.36. The van der Waals surface area contributed by atoms with Crippen LogP contribution < -0.4 is 0 Å². The zero-order valence-corrected chi connectivity index (χ0v) is 15.2. The van der Waals surface area contributed by atoms with Gasteiger partial charge in [0.1, 0.15) is 11.4 Å². The number of carboxylic acid groups (broad SMARTS) is 1. The van der Waals surface area contributed by atoms with E-state index in [1.165, 1.54) is 12.1 Å². The molecule has 2 unspecified atom stereocenters. The highest BCUT2D eigenvalue weighted by molar-refractivity contribution is 5.70. The Labute approximate surface area is 147 Å². The van der Waals surface area contributed by atoms with Crippen LogP contribution in [0.4, 0.5) is 9.18 Å². The first-order chi connectivity index (χ1) is 11.6. The van der Waals surface area contributed by atoms with Crippen LogP contribution in [0.1, 0.15) is 57.2 Å². The number of halogens is 1. The molecule has 0 spiro atoms. The Morgan fingerprint density at radius 1 is 1.36 bits per heavy atom. The summed E-state index contributed by atoms with van der Waals surface area (Å²) in [5.74, 6) is -1.20. The third-order valence-corrected chi connectivity index (χ3v) is 4.39. The lowest BCUT2D eigenvalue weighted by Crippen LogP contribution is -2.44. The molecule has 0 saturated carbocycles. The van der Waals surface area contributed by atoms with Gasteiger partial charge in [-0.15, -0.1) is 0 Å². The smallest absolute Gasteiger partial charge is 0.410 e. The molecule has 1 amide bonds. The van der Waals surface area contributed by atoms with Crippen LogP contribution in [0.2, 0.25) is 0 Å². The summed E-state index contributed by atoms with van der Waals surface area (Å²) in [7, 11) is 0. The van der Waals surface area contributed by atoms with Crippen molar-refractivity contribution in [3.8, 4) is 0 Å². The summed E-state index contributed by atoms with van der Waals surface area (Å²) in [5.41, 5.74) is 0.967. The van der Waals surface area contributed by atoms with E-state index >= 15 is 0 Å².